The van der Waals surface area contributed by atoms with Gasteiger partial charge in [-0.1, -0.05) is 18.2 Å². The molecule has 1 fully saturated rings. The van der Waals surface area contributed by atoms with Gasteiger partial charge in [-0.05, 0) is 25.1 Å². The average molecular weight is 393 g/mol. The summed E-state index contributed by atoms with van der Waals surface area (Å²) >= 11 is 0. The molecule has 1 saturated heterocycles. The first-order valence-corrected chi connectivity index (χ1v) is 9.64. The SMILES string of the molecule is Cc1ccc(=O)n(CCN2CCN(C(=O)c3cnn(-c4ccccc4)n3)CC2)n1. The normalized spacial score (nSPS) is 14.9. The molecule has 9 nitrogen and oxygen atoms in total. The van der Waals surface area contributed by atoms with E-state index in [1.165, 1.54) is 15.7 Å². The molecule has 1 aromatic carbocycles. The zero-order chi connectivity index (χ0) is 20.2. The smallest absolute Gasteiger partial charge is 0.276 e. The predicted molar refractivity (Wildman–Crippen MR) is 107 cm³/mol. The van der Waals surface area contributed by atoms with Crippen LogP contribution in [0.15, 0.2) is 53.5 Å². The van der Waals surface area contributed by atoms with Crippen molar-refractivity contribution in [3.05, 3.63) is 70.4 Å². The summed E-state index contributed by atoms with van der Waals surface area (Å²) in [6.07, 6.45) is 1.51. The van der Waals surface area contributed by atoms with Crippen LogP contribution in [0.5, 0.6) is 0 Å². The molecule has 1 aliphatic heterocycles. The zero-order valence-electron chi connectivity index (χ0n) is 16.3. The molecule has 29 heavy (non-hydrogen) atoms. The maximum atomic E-state index is 12.7. The topological polar surface area (TPSA) is 89.2 Å². The van der Waals surface area contributed by atoms with Gasteiger partial charge < -0.3 is 4.90 Å². The lowest BCUT2D eigenvalue weighted by Gasteiger charge is -2.34. The Balaban J connectivity index is 1.31. The maximum Gasteiger partial charge on any atom is 0.276 e. The number of benzene rings is 1. The van der Waals surface area contributed by atoms with E-state index in [-0.39, 0.29) is 11.5 Å². The molecule has 0 spiro atoms. The molecule has 0 aliphatic carbocycles. The number of piperazine rings is 1. The fraction of sp³-hybridized carbons (Fsp3) is 0.350. The van der Waals surface area contributed by atoms with Crippen LogP contribution in [0.25, 0.3) is 5.69 Å². The average Bonchev–Trinajstić information content (AvgIpc) is 3.25. The fourth-order valence-electron chi connectivity index (χ4n) is 3.33. The highest BCUT2D eigenvalue weighted by molar-refractivity contribution is 5.92. The van der Waals surface area contributed by atoms with Gasteiger partial charge in [-0.15, -0.1) is 5.10 Å². The molecule has 0 radical (unpaired) electrons. The Morgan fingerprint density at radius 3 is 2.48 bits per heavy atom. The molecule has 4 rings (SSSR count). The summed E-state index contributed by atoms with van der Waals surface area (Å²) in [4.78, 5) is 30.1. The van der Waals surface area contributed by atoms with Gasteiger partial charge in [0.15, 0.2) is 5.69 Å². The number of para-hydroxylation sites is 1. The van der Waals surface area contributed by atoms with Crippen molar-refractivity contribution >= 4 is 5.91 Å². The Bertz CT molecular complexity index is 1040. The van der Waals surface area contributed by atoms with Gasteiger partial charge in [0.2, 0.25) is 0 Å². The van der Waals surface area contributed by atoms with E-state index in [2.05, 4.69) is 20.2 Å². The summed E-state index contributed by atoms with van der Waals surface area (Å²) in [6.45, 7) is 5.87. The van der Waals surface area contributed by atoms with Gasteiger partial charge in [0.05, 0.1) is 24.1 Å². The van der Waals surface area contributed by atoms with Crippen molar-refractivity contribution in [2.45, 2.75) is 13.5 Å². The Morgan fingerprint density at radius 1 is 0.966 bits per heavy atom. The molecular weight excluding hydrogens is 370 g/mol. The van der Waals surface area contributed by atoms with E-state index < -0.39 is 0 Å². The first kappa shape index (κ1) is 19.0. The Labute approximate surface area is 168 Å². The van der Waals surface area contributed by atoms with Crippen LogP contribution in [0.3, 0.4) is 0 Å². The molecule has 0 N–H and O–H groups in total. The molecule has 1 amide bonds. The molecule has 0 atom stereocenters. The quantitative estimate of drug-likeness (QED) is 0.630. The lowest BCUT2D eigenvalue weighted by atomic mass is 10.3. The highest BCUT2D eigenvalue weighted by Crippen LogP contribution is 2.09. The van der Waals surface area contributed by atoms with Gasteiger partial charge >= 0.3 is 0 Å². The molecule has 2 aromatic heterocycles. The van der Waals surface area contributed by atoms with Crippen LogP contribution in [0.2, 0.25) is 0 Å². The van der Waals surface area contributed by atoms with Crippen LogP contribution in [-0.4, -0.2) is 73.2 Å². The largest absolute Gasteiger partial charge is 0.335 e. The molecule has 3 heterocycles. The van der Waals surface area contributed by atoms with E-state index in [0.717, 1.165) is 31.0 Å². The minimum Gasteiger partial charge on any atom is -0.335 e. The molecule has 9 heteroatoms. The van der Waals surface area contributed by atoms with Gasteiger partial charge in [0, 0.05) is 38.8 Å². The van der Waals surface area contributed by atoms with E-state index >= 15 is 0 Å². The molecule has 150 valence electrons. The second-order valence-corrected chi connectivity index (χ2v) is 7.02. The van der Waals surface area contributed by atoms with E-state index in [1.54, 1.807) is 17.0 Å². The standard InChI is InChI=1S/C20H23N7O2/c1-16-7-8-19(28)26(22-16)14-11-24-9-12-25(13-10-24)20(29)18-15-21-27(23-18)17-5-3-2-4-6-17/h2-8,15H,9-14H2,1H3. The summed E-state index contributed by atoms with van der Waals surface area (Å²) in [5.41, 5.74) is 1.89. The third kappa shape index (κ3) is 4.40. The highest BCUT2D eigenvalue weighted by atomic mass is 16.2. The number of hydrogen-bond donors (Lipinski definition) is 0. The number of nitrogens with zero attached hydrogens (tertiary/aromatic N) is 7. The van der Waals surface area contributed by atoms with Crippen molar-refractivity contribution in [2.24, 2.45) is 0 Å². The van der Waals surface area contributed by atoms with E-state index in [9.17, 15) is 9.59 Å². The van der Waals surface area contributed by atoms with Gasteiger partial charge in [-0.3, -0.25) is 14.5 Å². The van der Waals surface area contributed by atoms with E-state index in [0.29, 0.717) is 25.3 Å². The van der Waals surface area contributed by atoms with Crippen LogP contribution in [-0.2, 0) is 6.54 Å². The first-order chi connectivity index (χ1) is 14.1. The molecule has 3 aromatic rings. The van der Waals surface area contributed by atoms with Crippen LogP contribution in [0.4, 0.5) is 0 Å². The monoisotopic (exact) mass is 393 g/mol. The number of aryl methyl sites for hydroxylation is 1. The minimum absolute atomic E-state index is 0.0917. The number of amides is 1. The molecule has 1 aliphatic rings. The molecule has 0 bridgehead atoms. The van der Waals surface area contributed by atoms with Crippen molar-refractivity contribution in [3.8, 4) is 5.69 Å². The van der Waals surface area contributed by atoms with Gasteiger partial charge in [-0.25, -0.2) is 4.68 Å². The zero-order valence-corrected chi connectivity index (χ0v) is 16.3. The fourth-order valence-corrected chi connectivity index (χ4v) is 3.33. The Morgan fingerprint density at radius 2 is 1.72 bits per heavy atom. The summed E-state index contributed by atoms with van der Waals surface area (Å²) in [5.74, 6) is -0.108. The van der Waals surface area contributed by atoms with E-state index in [1.807, 2.05) is 37.3 Å². The van der Waals surface area contributed by atoms with Gasteiger partial charge in [-0.2, -0.15) is 15.0 Å². The van der Waals surface area contributed by atoms with Crippen LogP contribution >= 0.6 is 0 Å². The van der Waals surface area contributed by atoms with E-state index in [4.69, 9.17) is 0 Å². The number of aromatic nitrogens is 5. The maximum absolute atomic E-state index is 12.7. The summed E-state index contributed by atoms with van der Waals surface area (Å²) < 4.78 is 1.49. The summed E-state index contributed by atoms with van der Waals surface area (Å²) in [5, 5.41) is 12.8. The number of rotatable bonds is 5. The summed E-state index contributed by atoms with van der Waals surface area (Å²) in [7, 11) is 0. The predicted octanol–water partition coefficient (Wildman–Crippen LogP) is 0.590. The third-order valence-electron chi connectivity index (χ3n) is 4.99. The van der Waals surface area contributed by atoms with Crippen molar-refractivity contribution in [1.82, 2.24) is 34.6 Å². The molecule has 0 saturated carbocycles. The Kier molecular flexibility index (Phi) is 5.48. The second kappa shape index (κ2) is 8.36. The van der Waals surface area contributed by atoms with Crippen molar-refractivity contribution < 1.29 is 4.79 Å². The summed E-state index contributed by atoms with van der Waals surface area (Å²) in [6, 6.07) is 12.8. The number of carbonyl (C=O) groups is 1. The Hall–Kier alpha value is -3.33. The number of hydrogen-bond acceptors (Lipinski definition) is 6. The van der Waals surface area contributed by atoms with Gasteiger partial charge in [0.1, 0.15) is 0 Å². The second-order valence-electron chi connectivity index (χ2n) is 7.02. The van der Waals surface area contributed by atoms with Crippen molar-refractivity contribution in [3.63, 3.8) is 0 Å². The van der Waals surface area contributed by atoms with Crippen LogP contribution < -0.4 is 5.56 Å². The molecular formula is C20H23N7O2. The van der Waals surface area contributed by atoms with Gasteiger partial charge in [0.25, 0.3) is 11.5 Å². The van der Waals surface area contributed by atoms with Crippen LogP contribution in [0, 0.1) is 6.92 Å². The first-order valence-electron chi connectivity index (χ1n) is 9.64. The van der Waals surface area contributed by atoms with Crippen LogP contribution in [0.1, 0.15) is 16.2 Å². The molecule has 0 unspecified atom stereocenters. The lowest BCUT2D eigenvalue weighted by Crippen LogP contribution is -2.49. The number of carbonyl (C=O) groups excluding carboxylic acids is 1. The third-order valence-corrected chi connectivity index (χ3v) is 4.99. The van der Waals surface area contributed by atoms with Crippen molar-refractivity contribution in [1.29, 1.82) is 0 Å². The lowest BCUT2D eigenvalue weighted by molar-refractivity contribution is 0.0625. The highest BCUT2D eigenvalue weighted by Gasteiger charge is 2.24. The minimum atomic E-state index is -0.108. The van der Waals surface area contributed by atoms with Crippen molar-refractivity contribution in [2.75, 3.05) is 32.7 Å².